The van der Waals surface area contributed by atoms with Gasteiger partial charge in [-0.1, -0.05) is 24.3 Å². The predicted molar refractivity (Wildman–Crippen MR) is 263 cm³/mol. The van der Waals surface area contributed by atoms with Crippen molar-refractivity contribution in [3.8, 4) is 21.1 Å². The molecule has 0 spiro atoms. The molecule has 328 valence electrons. The van der Waals surface area contributed by atoms with Gasteiger partial charge in [-0.05, 0) is 150 Å². The zero-order valence-electron chi connectivity index (χ0n) is 36.6. The first kappa shape index (κ1) is 46.4. The van der Waals surface area contributed by atoms with E-state index >= 15 is 0 Å². The quantitative estimate of drug-likeness (QED) is 0.0857. The molecule has 4 aliphatic rings. The Hall–Kier alpha value is -5.59. The first-order valence-corrected chi connectivity index (χ1v) is 22.9. The van der Waals surface area contributed by atoms with Crippen LogP contribution >= 0.6 is 22.7 Å². The Morgan fingerprint density at radius 3 is 1.30 bits per heavy atom. The summed E-state index contributed by atoms with van der Waals surface area (Å²) in [5.74, 6) is 0. The van der Waals surface area contributed by atoms with Gasteiger partial charge in [0.15, 0.2) is 0 Å². The predicted octanol–water partition coefficient (Wildman–Crippen LogP) is 12.7. The summed E-state index contributed by atoms with van der Waals surface area (Å²) in [4.78, 5) is 36.2. The topological polar surface area (TPSA) is 82.8 Å². The molecule has 0 bridgehead atoms. The standard InChI is InChI=1S/2C26H24N4S.Co.Cu/c2*1-4-30(5-2)18-12-13-20(17(3)15-18)28-22-16-24-26(25-19(22)9-8-14-27-25)29-21-10-6-7-11-23(21)31-24;;/h2*6-16H,4-5H2,1-3H3;;. The molecular formula is C52H48CoCuN8S2. The minimum absolute atomic E-state index is 0. The number of nitrogens with zero attached hydrogens (tertiary/aromatic N) is 8. The molecule has 12 heteroatoms. The van der Waals surface area contributed by atoms with E-state index in [0.29, 0.717) is 0 Å². The van der Waals surface area contributed by atoms with Crippen LogP contribution < -0.4 is 20.5 Å². The van der Waals surface area contributed by atoms with Crippen molar-refractivity contribution in [2.45, 2.75) is 41.5 Å². The first-order chi connectivity index (χ1) is 30.3. The number of hydrogen-bond donors (Lipinski definition) is 0. The number of aromatic nitrogens is 4. The maximum atomic E-state index is 5.07. The number of fused-ring (bicyclic) bond motifs is 8. The Bertz CT molecular complexity index is 3100. The zero-order valence-corrected chi connectivity index (χ0v) is 40.2. The minimum Gasteiger partial charge on any atom is -0.372 e. The summed E-state index contributed by atoms with van der Waals surface area (Å²) < 4.78 is 2.33. The molecule has 2 aromatic heterocycles. The van der Waals surface area contributed by atoms with Crippen molar-refractivity contribution in [3.05, 3.63) is 156 Å². The maximum Gasteiger partial charge on any atom is 0.107 e. The van der Waals surface area contributed by atoms with Crippen molar-refractivity contribution < 1.29 is 33.8 Å². The van der Waals surface area contributed by atoms with Crippen LogP contribution in [-0.2, 0) is 33.8 Å². The van der Waals surface area contributed by atoms with E-state index in [1.54, 1.807) is 22.7 Å². The van der Waals surface area contributed by atoms with Gasteiger partial charge in [0.25, 0.3) is 0 Å². The van der Waals surface area contributed by atoms with E-state index in [9.17, 15) is 0 Å². The van der Waals surface area contributed by atoms with Crippen LogP contribution in [0.1, 0.15) is 38.8 Å². The van der Waals surface area contributed by atoms with Gasteiger partial charge in [0.05, 0.1) is 63.3 Å². The molecule has 2 aliphatic heterocycles. The van der Waals surface area contributed by atoms with Gasteiger partial charge in [0, 0.05) is 94.6 Å². The Kier molecular flexibility index (Phi) is 14.9. The SMILES string of the molecule is CCN(CC)c1ccc(N=c2cc3sc4ccccc4nc-3c3ncccc23)c(C)c1.CCN(CC)c1ccc(N=c2cc3sc4ccccc4nc-3c3ncccc23)c(C)c1.[Co].[Cu]. The van der Waals surface area contributed by atoms with Crippen LogP contribution in [0, 0.1) is 13.8 Å². The second kappa shape index (κ2) is 20.5. The summed E-state index contributed by atoms with van der Waals surface area (Å²) in [6, 6.07) is 41.9. The summed E-state index contributed by atoms with van der Waals surface area (Å²) in [5.41, 5.74) is 12.5. The van der Waals surface area contributed by atoms with Gasteiger partial charge in [-0.3, -0.25) is 9.97 Å². The van der Waals surface area contributed by atoms with Crippen molar-refractivity contribution in [2.24, 2.45) is 9.98 Å². The number of benzene rings is 6. The summed E-state index contributed by atoms with van der Waals surface area (Å²) in [5, 5.41) is 3.92. The van der Waals surface area contributed by atoms with Gasteiger partial charge >= 0.3 is 0 Å². The van der Waals surface area contributed by atoms with Crippen LogP contribution in [0.25, 0.3) is 63.4 Å². The van der Waals surface area contributed by atoms with Gasteiger partial charge in [-0.25, -0.2) is 20.0 Å². The first-order valence-electron chi connectivity index (χ1n) is 21.3. The van der Waals surface area contributed by atoms with E-state index in [1.807, 2.05) is 36.7 Å². The Morgan fingerprint density at radius 2 is 0.906 bits per heavy atom. The van der Waals surface area contributed by atoms with Crippen molar-refractivity contribution in [2.75, 3.05) is 36.0 Å². The molecule has 0 atom stereocenters. The van der Waals surface area contributed by atoms with Crippen molar-refractivity contribution in [1.82, 2.24) is 19.9 Å². The van der Waals surface area contributed by atoms with Crippen LogP contribution in [0.3, 0.4) is 0 Å². The minimum atomic E-state index is 0. The molecule has 0 N–H and O–H groups in total. The van der Waals surface area contributed by atoms with E-state index in [4.69, 9.17) is 20.0 Å². The van der Waals surface area contributed by atoms with E-state index in [-0.39, 0.29) is 33.8 Å². The summed E-state index contributed by atoms with van der Waals surface area (Å²) in [7, 11) is 0. The van der Waals surface area contributed by atoms with Gasteiger partial charge in [0.2, 0.25) is 0 Å². The third-order valence-corrected chi connectivity index (χ3v) is 13.5. The fourth-order valence-electron chi connectivity index (χ4n) is 8.04. The number of anilines is 2. The molecule has 0 saturated heterocycles. The van der Waals surface area contributed by atoms with Crippen molar-refractivity contribution in [3.63, 3.8) is 0 Å². The fraction of sp³-hybridized carbons (Fsp3) is 0.192. The number of hydrogen-bond acceptors (Lipinski definition) is 10. The summed E-state index contributed by atoms with van der Waals surface area (Å²) in [6.45, 7) is 17.0. The fourth-order valence-corrected chi connectivity index (χ4v) is 10.1. The number of para-hydroxylation sites is 2. The third kappa shape index (κ3) is 9.31. The Morgan fingerprint density at radius 1 is 0.500 bits per heavy atom. The molecule has 2 radical (unpaired) electrons. The van der Waals surface area contributed by atoms with Crippen LogP contribution in [0.2, 0.25) is 0 Å². The molecule has 0 unspecified atom stereocenters. The molecule has 6 aromatic rings. The average Bonchev–Trinajstić information content (AvgIpc) is 3.30. The van der Waals surface area contributed by atoms with Crippen LogP contribution in [0.4, 0.5) is 22.7 Å². The molecule has 0 saturated carbocycles. The normalized spacial score (nSPS) is 11.8. The van der Waals surface area contributed by atoms with Crippen LogP contribution in [-0.4, -0.2) is 46.1 Å². The number of pyridine rings is 2. The second-order valence-corrected chi connectivity index (χ2v) is 17.3. The van der Waals surface area contributed by atoms with Gasteiger partial charge in [0.1, 0.15) is 11.4 Å². The van der Waals surface area contributed by atoms with Crippen LogP contribution in [0.5, 0.6) is 0 Å². The van der Waals surface area contributed by atoms with Crippen LogP contribution in [0.15, 0.2) is 144 Å². The van der Waals surface area contributed by atoms with E-state index in [1.165, 1.54) is 22.5 Å². The Labute approximate surface area is 402 Å². The molecule has 4 aromatic carbocycles. The van der Waals surface area contributed by atoms with Gasteiger partial charge < -0.3 is 9.80 Å². The summed E-state index contributed by atoms with van der Waals surface area (Å²) in [6.07, 6.45) is 3.66. The molecule has 8 nitrogen and oxygen atoms in total. The van der Waals surface area contributed by atoms with E-state index in [0.717, 1.165) is 112 Å². The molecule has 0 amide bonds. The smallest absolute Gasteiger partial charge is 0.107 e. The largest absolute Gasteiger partial charge is 0.372 e. The Balaban J connectivity index is 0.000000186. The average molecular weight is 972 g/mol. The summed E-state index contributed by atoms with van der Waals surface area (Å²) >= 11 is 3.48. The number of aryl methyl sites for hydroxylation is 2. The molecule has 0 fully saturated rings. The molecule has 4 heterocycles. The molecule has 10 rings (SSSR count). The maximum absolute atomic E-state index is 5.07. The van der Waals surface area contributed by atoms with Crippen molar-refractivity contribution in [1.29, 1.82) is 0 Å². The molecule has 64 heavy (non-hydrogen) atoms. The zero-order chi connectivity index (χ0) is 42.7. The monoisotopic (exact) mass is 970 g/mol. The van der Waals surface area contributed by atoms with E-state index < -0.39 is 0 Å². The van der Waals surface area contributed by atoms with E-state index in [2.05, 4.69) is 158 Å². The molecule has 2 aliphatic carbocycles. The van der Waals surface area contributed by atoms with Crippen molar-refractivity contribution >= 4 is 87.7 Å². The number of rotatable bonds is 8. The third-order valence-electron chi connectivity index (χ3n) is 11.4. The van der Waals surface area contributed by atoms with Gasteiger partial charge in [-0.2, -0.15) is 0 Å². The molecular weight excluding hydrogens is 923 g/mol. The van der Waals surface area contributed by atoms with Gasteiger partial charge in [-0.15, -0.1) is 22.7 Å². The second-order valence-electron chi connectivity index (χ2n) is 15.2.